The predicted molar refractivity (Wildman–Crippen MR) is 70.3 cm³/mol. The largest absolute Gasteiger partial charge is 0.435 e. The van der Waals surface area contributed by atoms with Crippen molar-refractivity contribution in [2.24, 2.45) is 7.05 Å². The summed E-state index contributed by atoms with van der Waals surface area (Å²) in [6.45, 7) is 0. The lowest BCUT2D eigenvalue weighted by atomic mass is 10.3. The number of amides is 1. The van der Waals surface area contributed by atoms with Gasteiger partial charge in [-0.05, 0) is 18.2 Å². The van der Waals surface area contributed by atoms with Crippen molar-refractivity contribution < 1.29 is 22.4 Å². The van der Waals surface area contributed by atoms with Gasteiger partial charge in [0.15, 0.2) is 5.69 Å². The number of aryl methyl sites for hydroxylation is 1. The van der Waals surface area contributed by atoms with Crippen LogP contribution in [0.4, 0.5) is 23.2 Å². The number of hydrogen-bond acceptors (Lipinski definition) is 2. The number of carbonyl (C=O) groups excluding carboxylic acids is 1. The van der Waals surface area contributed by atoms with Crippen molar-refractivity contribution in [3.8, 4) is 0 Å². The molecule has 1 aromatic carbocycles. The van der Waals surface area contributed by atoms with E-state index in [2.05, 4.69) is 26.3 Å². The van der Waals surface area contributed by atoms with Gasteiger partial charge in [-0.25, -0.2) is 4.39 Å². The summed E-state index contributed by atoms with van der Waals surface area (Å²) in [5.74, 6) is -1.60. The maximum atomic E-state index is 13.6. The number of nitrogens with zero attached hydrogens (tertiary/aromatic N) is 2. The lowest BCUT2D eigenvalue weighted by Crippen LogP contribution is -2.16. The fraction of sp³-hybridized carbons (Fsp3) is 0.167. The highest BCUT2D eigenvalue weighted by Crippen LogP contribution is 2.28. The summed E-state index contributed by atoms with van der Waals surface area (Å²) in [4.78, 5) is 11.9. The van der Waals surface area contributed by atoms with E-state index in [1.54, 1.807) is 0 Å². The average molecular weight is 366 g/mol. The van der Waals surface area contributed by atoms with Crippen molar-refractivity contribution in [3.05, 3.63) is 45.9 Å². The zero-order valence-corrected chi connectivity index (χ0v) is 12.1. The zero-order valence-electron chi connectivity index (χ0n) is 10.5. The smallest absolute Gasteiger partial charge is 0.318 e. The van der Waals surface area contributed by atoms with Crippen LogP contribution in [0.1, 0.15) is 16.2 Å². The number of aromatic nitrogens is 2. The molecular formula is C12H8BrF4N3O. The van der Waals surface area contributed by atoms with Crippen LogP contribution in [-0.2, 0) is 13.2 Å². The lowest BCUT2D eigenvalue weighted by Gasteiger charge is -2.06. The number of carbonyl (C=O) groups is 1. The Morgan fingerprint density at radius 2 is 2.00 bits per heavy atom. The first kappa shape index (κ1) is 15.5. The van der Waals surface area contributed by atoms with E-state index in [1.165, 1.54) is 19.2 Å². The molecule has 2 aromatic rings. The molecule has 21 heavy (non-hydrogen) atoms. The van der Waals surface area contributed by atoms with Crippen LogP contribution in [0.2, 0.25) is 0 Å². The molecule has 9 heteroatoms. The third kappa shape index (κ3) is 3.41. The number of benzene rings is 1. The third-order valence-corrected chi connectivity index (χ3v) is 3.08. The van der Waals surface area contributed by atoms with Crippen LogP contribution in [0.15, 0.2) is 28.7 Å². The molecule has 4 nitrogen and oxygen atoms in total. The van der Waals surface area contributed by atoms with E-state index in [0.717, 1.165) is 10.7 Å². The Labute approximate surface area is 124 Å². The molecule has 0 saturated carbocycles. The first-order valence-corrected chi connectivity index (χ1v) is 6.35. The molecule has 1 heterocycles. The van der Waals surface area contributed by atoms with Crippen molar-refractivity contribution in [3.63, 3.8) is 0 Å². The highest BCUT2D eigenvalue weighted by Gasteiger charge is 2.35. The predicted octanol–water partition coefficient (Wildman–Crippen LogP) is 3.59. The Hall–Kier alpha value is -1.90. The summed E-state index contributed by atoms with van der Waals surface area (Å²) < 4.78 is 52.4. The van der Waals surface area contributed by atoms with Crippen LogP contribution in [0, 0.1) is 5.82 Å². The van der Waals surface area contributed by atoms with Crippen LogP contribution < -0.4 is 5.32 Å². The fourth-order valence-corrected chi connectivity index (χ4v) is 1.93. The van der Waals surface area contributed by atoms with Crippen molar-refractivity contribution in [2.45, 2.75) is 6.18 Å². The molecule has 0 fully saturated rings. The van der Waals surface area contributed by atoms with E-state index in [9.17, 15) is 22.4 Å². The van der Waals surface area contributed by atoms with Gasteiger partial charge in [0.2, 0.25) is 0 Å². The second kappa shape index (κ2) is 5.47. The monoisotopic (exact) mass is 365 g/mol. The number of hydrogen-bond donors (Lipinski definition) is 1. The highest BCUT2D eigenvalue weighted by molar-refractivity contribution is 9.10. The molecule has 112 valence electrons. The zero-order chi connectivity index (χ0) is 15.8. The van der Waals surface area contributed by atoms with E-state index in [0.29, 0.717) is 10.5 Å². The number of alkyl halides is 3. The Balaban J connectivity index is 2.27. The molecule has 1 aromatic heterocycles. The number of anilines is 1. The van der Waals surface area contributed by atoms with Gasteiger partial charge in [0.1, 0.15) is 11.5 Å². The Kier molecular flexibility index (Phi) is 4.04. The van der Waals surface area contributed by atoms with E-state index < -0.39 is 23.6 Å². The molecule has 0 unspecified atom stereocenters. The quantitative estimate of drug-likeness (QED) is 0.826. The number of nitrogens with one attached hydrogen (secondary N) is 1. The first-order chi connectivity index (χ1) is 9.68. The molecule has 2 rings (SSSR count). The topological polar surface area (TPSA) is 46.9 Å². The molecule has 0 saturated heterocycles. The fourth-order valence-electron chi connectivity index (χ4n) is 1.60. The molecule has 0 bridgehead atoms. The molecule has 0 radical (unpaired) electrons. The van der Waals surface area contributed by atoms with Gasteiger partial charge in [0.25, 0.3) is 5.91 Å². The van der Waals surface area contributed by atoms with Crippen LogP contribution in [0.3, 0.4) is 0 Å². The van der Waals surface area contributed by atoms with E-state index in [4.69, 9.17) is 0 Å². The Morgan fingerprint density at radius 3 is 2.52 bits per heavy atom. The van der Waals surface area contributed by atoms with E-state index >= 15 is 0 Å². The third-order valence-electron chi connectivity index (χ3n) is 2.58. The minimum absolute atomic E-state index is 0.141. The van der Waals surface area contributed by atoms with Gasteiger partial charge in [-0.3, -0.25) is 9.48 Å². The Bertz CT molecular complexity index is 696. The van der Waals surface area contributed by atoms with Crippen molar-refractivity contribution in [1.82, 2.24) is 9.78 Å². The molecular weight excluding hydrogens is 358 g/mol. The maximum Gasteiger partial charge on any atom is 0.435 e. The highest BCUT2D eigenvalue weighted by atomic mass is 79.9. The number of halogens is 5. The van der Waals surface area contributed by atoms with E-state index in [-0.39, 0.29) is 11.4 Å². The molecule has 1 amide bonds. The second-order valence-electron chi connectivity index (χ2n) is 4.11. The first-order valence-electron chi connectivity index (χ1n) is 5.56. The van der Waals surface area contributed by atoms with Crippen molar-refractivity contribution >= 4 is 27.5 Å². The van der Waals surface area contributed by atoms with Gasteiger partial charge in [0, 0.05) is 17.6 Å². The summed E-state index contributed by atoms with van der Waals surface area (Å²) in [7, 11) is 1.20. The van der Waals surface area contributed by atoms with Crippen molar-refractivity contribution in [2.75, 3.05) is 5.32 Å². The van der Waals surface area contributed by atoms with Crippen LogP contribution >= 0.6 is 15.9 Å². The molecule has 0 aliphatic rings. The summed E-state index contributed by atoms with van der Waals surface area (Å²) >= 11 is 3.05. The van der Waals surface area contributed by atoms with Gasteiger partial charge in [-0.2, -0.15) is 18.3 Å². The molecule has 1 N–H and O–H groups in total. The summed E-state index contributed by atoms with van der Waals surface area (Å²) in [6, 6.07) is 4.51. The normalized spacial score (nSPS) is 11.5. The van der Waals surface area contributed by atoms with Gasteiger partial charge < -0.3 is 5.32 Å². The molecule has 0 spiro atoms. The standard InChI is InChI=1S/C12H8BrF4N3O/c1-20-9(5-10(19-20)12(15,16)17)11(21)18-8-3-2-6(13)4-7(8)14/h2-5H,1H3,(H,18,21). The lowest BCUT2D eigenvalue weighted by molar-refractivity contribution is -0.141. The van der Waals surface area contributed by atoms with Crippen LogP contribution in [-0.4, -0.2) is 15.7 Å². The molecule has 0 atom stereocenters. The average Bonchev–Trinajstić information content (AvgIpc) is 2.75. The second-order valence-corrected chi connectivity index (χ2v) is 5.03. The van der Waals surface area contributed by atoms with Gasteiger partial charge in [-0.15, -0.1) is 0 Å². The summed E-state index contributed by atoms with van der Waals surface area (Å²) in [6.07, 6.45) is -4.65. The maximum absolute atomic E-state index is 13.6. The van der Waals surface area contributed by atoms with Crippen LogP contribution in [0.25, 0.3) is 0 Å². The summed E-state index contributed by atoms with van der Waals surface area (Å²) in [5.41, 5.74) is -1.66. The molecule has 0 aliphatic heterocycles. The minimum Gasteiger partial charge on any atom is -0.318 e. The SMILES string of the molecule is Cn1nc(C(F)(F)F)cc1C(=O)Nc1ccc(Br)cc1F. The number of rotatable bonds is 2. The van der Waals surface area contributed by atoms with Gasteiger partial charge >= 0.3 is 6.18 Å². The molecule has 0 aliphatic carbocycles. The van der Waals surface area contributed by atoms with Crippen molar-refractivity contribution in [1.29, 1.82) is 0 Å². The minimum atomic E-state index is -4.65. The van der Waals surface area contributed by atoms with E-state index in [1.807, 2.05) is 0 Å². The van der Waals surface area contributed by atoms with Gasteiger partial charge in [-0.1, -0.05) is 15.9 Å². The summed E-state index contributed by atoms with van der Waals surface area (Å²) in [5, 5.41) is 5.41. The van der Waals surface area contributed by atoms with Gasteiger partial charge in [0.05, 0.1) is 5.69 Å². The van der Waals surface area contributed by atoms with Crippen LogP contribution in [0.5, 0.6) is 0 Å². The Morgan fingerprint density at radius 1 is 1.33 bits per heavy atom.